The van der Waals surface area contributed by atoms with Crippen molar-refractivity contribution in [3.63, 3.8) is 0 Å². The molecule has 0 unspecified atom stereocenters. The van der Waals surface area contributed by atoms with E-state index in [1.807, 2.05) is 37.3 Å². The van der Waals surface area contributed by atoms with Crippen LogP contribution in [0.4, 0.5) is 0 Å². The van der Waals surface area contributed by atoms with Gasteiger partial charge in [0.1, 0.15) is 6.10 Å². The molecule has 0 N–H and O–H groups in total. The van der Waals surface area contributed by atoms with E-state index >= 15 is 0 Å². The Morgan fingerprint density at radius 3 is 2.24 bits per heavy atom. The number of hydrogen-bond donors (Lipinski definition) is 0. The summed E-state index contributed by atoms with van der Waals surface area (Å²) in [6.45, 7) is 3.81. The summed E-state index contributed by atoms with van der Waals surface area (Å²) in [5.41, 5.74) is 2.33. The second-order valence-electron chi connectivity index (χ2n) is 8.10. The highest BCUT2D eigenvalue weighted by Gasteiger charge is 2.51. The Kier molecular flexibility index (Phi) is 7.38. The summed E-state index contributed by atoms with van der Waals surface area (Å²) in [7, 11) is -4.05. The predicted octanol–water partition coefficient (Wildman–Crippen LogP) is 5.43. The normalized spacial score (nSPS) is 20.9. The van der Waals surface area contributed by atoms with Gasteiger partial charge in [-0.3, -0.25) is 4.79 Å². The van der Waals surface area contributed by atoms with Gasteiger partial charge in [-0.15, -0.1) is 0 Å². The molecule has 8 heteroatoms. The highest BCUT2D eigenvalue weighted by atomic mass is 35.5. The lowest BCUT2D eigenvalue weighted by atomic mass is 10.0. The second-order valence-corrected chi connectivity index (χ2v) is 10.4. The maximum absolute atomic E-state index is 14.0. The fourth-order valence-electron chi connectivity index (χ4n) is 4.12. The van der Waals surface area contributed by atoms with Gasteiger partial charge in [-0.25, -0.2) is 8.42 Å². The van der Waals surface area contributed by atoms with Gasteiger partial charge in [0.25, 0.3) is 0 Å². The van der Waals surface area contributed by atoms with Crippen LogP contribution in [0, 0.1) is 6.92 Å². The number of sulfonamides is 1. The fraction of sp³-hybridized carbons (Fsp3) is 0.269. The maximum atomic E-state index is 14.0. The molecule has 0 bridgehead atoms. The molecule has 1 heterocycles. The average molecular weight is 500 g/mol. The molecule has 0 saturated carbocycles. The Labute approximate surface area is 205 Å². The monoisotopic (exact) mass is 499 g/mol. The van der Waals surface area contributed by atoms with Crippen molar-refractivity contribution in [3.8, 4) is 0 Å². The number of nitrogens with zero attached hydrogens (tertiary/aromatic N) is 1. The van der Waals surface area contributed by atoms with E-state index in [0.29, 0.717) is 10.6 Å². The summed E-state index contributed by atoms with van der Waals surface area (Å²) in [6.07, 6.45) is -1.78. The van der Waals surface area contributed by atoms with E-state index in [-0.39, 0.29) is 17.9 Å². The maximum Gasteiger partial charge on any atom is 0.307 e. The number of carbonyl (C=O) groups is 1. The first-order chi connectivity index (χ1) is 16.3. The molecule has 0 aliphatic carbocycles. The SMILES string of the molecule is CCOC(=O)C[C@@H]1[C@@H](c2ccccc2)O[C@H](c2ccc(Cl)cc2)N1S(=O)(=O)c1ccc(C)cc1. The molecule has 6 nitrogen and oxygen atoms in total. The molecular formula is C26H26ClNO5S. The van der Waals surface area contributed by atoms with E-state index in [2.05, 4.69) is 0 Å². The molecule has 0 spiro atoms. The fourth-order valence-corrected chi connectivity index (χ4v) is 5.93. The van der Waals surface area contributed by atoms with Gasteiger partial charge in [0.15, 0.2) is 6.23 Å². The number of rotatable bonds is 7. The number of halogens is 1. The van der Waals surface area contributed by atoms with Gasteiger partial charge in [0.05, 0.1) is 24.0 Å². The molecule has 1 saturated heterocycles. The third-order valence-electron chi connectivity index (χ3n) is 5.74. The first-order valence-corrected chi connectivity index (χ1v) is 12.8. The Bertz CT molecular complexity index is 1230. The summed E-state index contributed by atoms with van der Waals surface area (Å²) >= 11 is 6.08. The van der Waals surface area contributed by atoms with E-state index in [0.717, 1.165) is 11.1 Å². The van der Waals surface area contributed by atoms with Crippen LogP contribution < -0.4 is 0 Å². The van der Waals surface area contributed by atoms with Crippen molar-refractivity contribution in [2.45, 2.75) is 43.5 Å². The van der Waals surface area contributed by atoms with Crippen LogP contribution in [0.1, 0.15) is 42.4 Å². The highest BCUT2D eigenvalue weighted by Crippen LogP contribution is 2.47. The molecule has 0 amide bonds. The minimum absolute atomic E-state index is 0.128. The van der Waals surface area contributed by atoms with Crippen LogP contribution in [-0.4, -0.2) is 31.3 Å². The molecule has 1 fully saturated rings. The molecule has 4 rings (SSSR count). The first kappa shape index (κ1) is 24.4. The van der Waals surface area contributed by atoms with Gasteiger partial charge in [-0.1, -0.05) is 71.8 Å². The van der Waals surface area contributed by atoms with E-state index < -0.39 is 34.4 Å². The lowest BCUT2D eigenvalue weighted by Gasteiger charge is -2.28. The number of hydrogen-bond acceptors (Lipinski definition) is 5. The lowest BCUT2D eigenvalue weighted by molar-refractivity contribution is -0.144. The lowest BCUT2D eigenvalue weighted by Crippen LogP contribution is -2.40. The van der Waals surface area contributed by atoms with Crippen LogP contribution in [0.2, 0.25) is 5.02 Å². The van der Waals surface area contributed by atoms with E-state index in [1.54, 1.807) is 55.5 Å². The average Bonchev–Trinajstić information content (AvgIpc) is 3.20. The molecule has 0 aromatic heterocycles. The molecule has 1 aliphatic heterocycles. The third-order valence-corrected chi connectivity index (χ3v) is 7.88. The quantitative estimate of drug-likeness (QED) is 0.405. The minimum Gasteiger partial charge on any atom is -0.466 e. The van der Waals surface area contributed by atoms with Crippen LogP contribution in [0.3, 0.4) is 0 Å². The van der Waals surface area contributed by atoms with Crippen LogP contribution in [0.15, 0.2) is 83.8 Å². The van der Waals surface area contributed by atoms with Gasteiger partial charge >= 0.3 is 5.97 Å². The Morgan fingerprint density at radius 1 is 0.971 bits per heavy atom. The first-order valence-electron chi connectivity index (χ1n) is 11.0. The number of benzene rings is 3. The number of aryl methyl sites for hydroxylation is 1. The zero-order valence-electron chi connectivity index (χ0n) is 18.9. The summed E-state index contributed by atoms with van der Waals surface area (Å²) in [5, 5.41) is 0.525. The van der Waals surface area contributed by atoms with Crippen molar-refractivity contribution in [2.75, 3.05) is 6.61 Å². The van der Waals surface area contributed by atoms with E-state index in [9.17, 15) is 13.2 Å². The highest BCUT2D eigenvalue weighted by molar-refractivity contribution is 7.89. The molecule has 0 radical (unpaired) electrons. The van der Waals surface area contributed by atoms with Gasteiger partial charge in [-0.05, 0) is 49.2 Å². The number of carbonyl (C=O) groups excluding carboxylic acids is 1. The van der Waals surface area contributed by atoms with Crippen molar-refractivity contribution >= 4 is 27.6 Å². The molecule has 3 atom stereocenters. The van der Waals surface area contributed by atoms with Crippen LogP contribution in [0.5, 0.6) is 0 Å². The van der Waals surface area contributed by atoms with Gasteiger partial charge in [-0.2, -0.15) is 4.31 Å². The molecular weight excluding hydrogens is 474 g/mol. The van der Waals surface area contributed by atoms with Crippen LogP contribution in [-0.2, 0) is 24.3 Å². The zero-order chi connectivity index (χ0) is 24.3. The van der Waals surface area contributed by atoms with Crippen LogP contribution >= 0.6 is 11.6 Å². The Hall–Kier alpha value is -2.71. The zero-order valence-corrected chi connectivity index (χ0v) is 20.5. The molecule has 34 heavy (non-hydrogen) atoms. The second kappa shape index (κ2) is 10.3. The largest absolute Gasteiger partial charge is 0.466 e. The molecule has 178 valence electrons. The molecule has 3 aromatic rings. The Balaban J connectivity index is 1.86. The third kappa shape index (κ3) is 5.03. The van der Waals surface area contributed by atoms with Crippen molar-refractivity contribution in [2.24, 2.45) is 0 Å². The van der Waals surface area contributed by atoms with E-state index in [1.165, 1.54) is 4.31 Å². The van der Waals surface area contributed by atoms with Crippen molar-refractivity contribution in [3.05, 3.63) is 101 Å². The van der Waals surface area contributed by atoms with Gasteiger partial charge in [0.2, 0.25) is 10.0 Å². The van der Waals surface area contributed by atoms with Gasteiger partial charge < -0.3 is 9.47 Å². The van der Waals surface area contributed by atoms with Crippen molar-refractivity contribution in [1.29, 1.82) is 0 Å². The smallest absolute Gasteiger partial charge is 0.307 e. The molecule has 1 aliphatic rings. The topological polar surface area (TPSA) is 72.9 Å². The predicted molar refractivity (Wildman–Crippen MR) is 130 cm³/mol. The number of ether oxygens (including phenoxy) is 2. The van der Waals surface area contributed by atoms with Gasteiger partial charge in [0, 0.05) is 5.02 Å². The number of esters is 1. The standard InChI is InChI=1S/C26H26ClNO5S/c1-3-32-24(29)17-23-25(19-7-5-4-6-8-19)33-26(20-11-13-21(27)14-12-20)28(23)34(30,31)22-15-9-18(2)10-16-22/h4-16,23,25-26H,3,17H2,1-2H3/t23-,25-,26-/m1/s1. The van der Waals surface area contributed by atoms with Crippen LogP contribution in [0.25, 0.3) is 0 Å². The van der Waals surface area contributed by atoms with E-state index in [4.69, 9.17) is 21.1 Å². The molecule has 3 aromatic carbocycles. The van der Waals surface area contributed by atoms with Crippen molar-refractivity contribution < 1.29 is 22.7 Å². The summed E-state index contributed by atoms with van der Waals surface area (Å²) in [4.78, 5) is 12.7. The van der Waals surface area contributed by atoms with Crippen molar-refractivity contribution in [1.82, 2.24) is 4.31 Å². The summed E-state index contributed by atoms with van der Waals surface area (Å²) in [5.74, 6) is -0.488. The summed E-state index contributed by atoms with van der Waals surface area (Å²) < 4.78 is 40.9. The Morgan fingerprint density at radius 2 is 1.62 bits per heavy atom. The minimum atomic E-state index is -4.05. The summed E-state index contributed by atoms with van der Waals surface area (Å²) in [6, 6.07) is 22.0.